The Hall–Kier alpha value is -1.23. The van der Waals surface area contributed by atoms with E-state index in [0.29, 0.717) is 5.56 Å². The van der Waals surface area contributed by atoms with Crippen molar-refractivity contribution in [3.8, 4) is 5.75 Å². The van der Waals surface area contributed by atoms with E-state index in [1.165, 1.54) is 24.3 Å². The Bertz CT molecular complexity index is 359. The van der Waals surface area contributed by atoms with Crippen LogP contribution in [-0.2, 0) is 0 Å². The maximum atomic E-state index is 12.0. The van der Waals surface area contributed by atoms with Crippen LogP contribution >= 0.6 is 0 Å². The number of ether oxygens (including phenoxy) is 1. The van der Waals surface area contributed by atoms with Gasteiger partial charge in [0, 0.05) is 0 Å². The maximum absolute atomic E-state index is 12.0. The van der Waals surface area contributed by atoms with E-state index in [1.807, 2.05) is 13.8 Å². The average molecular weight is 262 g/mol. The van der Waals surface area contributed by atoms with E-state index >= 15 is 0 Å². The van der Waals surface area contributed by atoms with Crippen LogP contribution in [0.15, 0.2) is 24.3 Å². The van der Waals surface area contributed by atoms with Crippen LogP contribution in [0.2, 0.25) is 0 Å². The largest absolute Gasteiger partial charge is 0.573 e. The molecule has 0 aliphatic carbocycles. The summed E-state index contributed by atoms with van der Waals surface area (Å²) in [5, 5.41) is 9.98. The van der Waals surface area contributed by atoms with Gasteiger partial charge in [0.1, 0.15) is 5.75 Å². The molecule has 0 saturated carbocycles. The third kappa shape index (κ3) is 4.56. The van der Waals surface area contributed by atoms with Gasteiger partial charge in [-0.25, -0.2) is 0 Å². The van der Waals surface area contributed by atoms with Crippen molar-refractivity contribution in [2.75, 3.05) is 0 Å². The van der Waals surface area contributed by atoms with Gasteiger partial charge in [0.25, 0.3) is 0 Å². The molecule has 5 heteroatoms. The molecule has 2 nitrogen and oxygen atoms in total. The summed E-state index contributed by atoms with van der Waals surface area (Å²) in [7, 11) is 0. The number of hydrogen-bond donors (Lipinski definition) is 1. The van der Waals surface area contributed by atoms with E-state index in [4.69, 9.17) is 0 Å². The Labute approximate surface area is 104 Å². The molecule has 1 N–H and O–H groups in total. The molecule has 1 aromatic carbocycles. The van der Waals surface area contributed by atoms with Crippen LogP contribution in [0.3, 0.4) is 0 Å². The number of aliphatic hydroxyl groups excluding tert-OH is 1. The molecule has 0 saturated heterocycles. The van der Waals surface area contributed by atoms with Gasteiger partial charge >= 0.3 is 6.36 Å². The molecule has 0 spiro atoms. The Kier molecular flexibility index (Phi) is 5.02. The average Bonchev–Trinajstić information content (AvgIpc) is 2.27. The molecular formula is C13H17F3O2. The van der Waals surface area contributed by atoms with Crippen molar-refractivity contribution in [2.24, 2.45) is 5.92 Å². The molecule has 2 atom stereocenters. The lowest BCUT2D eigenvalue weighted by atomic mass is 9.94. The first-order valence-electron chi connectivity index (χ1n) is 5.87. The van der Waals surface area contributed by atoms with Gasteiger partial charge in [-0.1, -0.05) is 32.4 Å². The zero-order valence-corrected chi connectivity index (χ0v) is 10.4. The number of hydrogen-bond acceptors (Lipinski definition) is 2. The van der Waals surface area contributed by atoms with Crippen molar-refractivity contribution < 1.29 is 23.0 Å². The van der Waals surface area contributed by atoms with Crippen molar-refractivity contribution in [1.82, 2.24) is 0 Å². The summed E-state index contributed by atoms with van der Waals surface area (Å²) in [6.45, 7) is 3.93. The number of halogens is 3. The first-order valence-corrected chi connectivity index (χ1v) is 5.87. The minimum atomic E-state index is -4.68. The zero-order chi connectivity index (χ0) is 13.8. The maximum Gasteiger partial charge on any atom is 0.573 e. The van der Waals surface area contributed by atoms with Gasteiger partial charge in [0.15, 0.2) is 0 Å². The standard InChI is InChI=1S/C13H17F3O2/c1-3-4-9(2)12(17)10-5-7-11(8-6-10)18-13(14,15)16/h5-9,12,17H,3-4H2,1-2H3. The number of aliphatic hydroxyl groups is 1. The lowest BCUT2D eigenvalue weighted by Gasteiger charge is -2.19. The Balaban J connectivity index is 2.70. The molecule has 0 heterocycles. The second-order valence-corrected chi connectivity index (χ2v) is 4.33. The van der Waals surface area contributed by atoms with Crippen molar-refractivity contribution in [3.63, 3.8) is 0 Å². The van der Waals surface area contributed by atoms with Crippen molar-refractivity contribution in [2.45, 2.75) is 39.2 Å². The number of benzene rings is 1. The molecular weight excluding hydrogens is 245 g/mol. The Morgan fingerprint density at radius 3 is 2.22 bits per heavy atom. The fourth-order valence-electron chi connectivity index (χ4n) is 1.81. The van der Waals surface area contributed by atoms with Crippen LogP contribution in [0.1, 0.15) is 38.4 Å². The molecule has 0 radical (unpaired) electrons. The molecule has 0 fully saturated rings. The molecule has 0 aliphatic heterocycles. The minimum absolute atomic E-state index is 0.0735. The van der Waals surface area contributed by atoms with Gasteiger partial charge < -0.3 is 9.84 Å². The molecule has 0 aromatic heterocycles. The molecule has 0 bridgehead atoms. The SMILES string of the molecule is CCCC(C)C(O)c1ccc(OC(F)(F)F)cc1. The quantitative estimate of drug-likeness (QED) is 0.867. The monoisotopic (exact) mass is 262 g/mol. The van der Waals surface area contributed by atoms with E-state index in [0.717, 1.165) is 12.8 Å². The lowest BCUT2D eigenvalue weighted by molar-refractivity contribution is -0.274. The highest BCUT2D eigenvalue weighted by atomic mass is 19.4. The van der Waals surface area contributed by atoms with E-state index in [1.54, 1.807) is 0 Å². The van der Waals surface area contributed by atoms with Gasteiger partial charge in [0.2, 0.25) is 0 Å². The van der Waals surface area contributed by atoms with Gasteiger partial charge in [-0.05, 0) is 30.0 Å². The van der Waals surface area contributed by atoms with E-state index < -0.39 is 12.5 Å². The van der Waals surface area contributed by atoms with E-state index in [2.05, 4.69) is 4.74 Å². The van der Waals surface area contributed by atoms with Crippen LogP contribution in [0.4, 0.5) is 13.2 Å². The highest BCUT2D eigenvalue weighted by Gasteiger charge is 2.31. The highest BCUT2D eigenvalue weighted by molar-refractivity contribution is 5.28. The first-order chi connectivity index (χ1) is 8.33. The van der Waals surface area contributed by atoms with Crippen molar-refractivity contribution in [1.29, 1.82) is 0 Å². The number of rotatable bonds is 5. The molecule has 0 aliphatic rings. The highest BCUT2D eigenvalue weighted by Crippen LogP contribution is 2.28. The molecule has 0 amide bonds. The molecule has 1 aromatic rings. The van der Waals surface area contributed by atoms with Crippen LogP contribution in [0.5, 0.6) is 5.75 Å². The summed E-state index contributed by atoms with van der Waals surface area (Å²) in [5.41, 5.74) is 0.602. The fraction of sp³-hybridized carbons (Fsp3) is 0.538. The topological polar surface area (TPSA) is 29.5 Å². The number of alkyl halides is 3. The van der Waals surface area contributed by atoms with Crippen LogP contribution in [-0.4, -0.2) is 11.5 Å². The van der Waals surface area contributed by atoms with Crippen LogP contribution < -0.4 is 4.74 Å². The second kappa shape index (κ2) is 6.09. The normalized spacial score (nSPS) is 15.2. The van der Waals surface area contributed by atoms with Crippen LogP contribution in [0, 0.1) is 5.92 Å². The van der Waals surface area contributed by atoms with E-state index in [-0.39, 0.29) is 11.7 Å². The first kappa shape index (κ1) is 14.8. The van der Waals surface area contributed by atoms with Gasteiger partial charge in [-0.3, -0.25) is 0 Å². The second-order valence-electron chi connectivity index (χ2n) is 4.33. The lowest BCUT2D eigenvalue weighted by Crippen LogP contribution is -2.17. The Morgan fingerprint density at radius 2 is 1.78 bits per heavy atom. The summed E-state index contributed by atoms with van der Waals surface area (Å²) < 4.78 is 39.6. The molecule has 102 valence electrons. The smallest absolute Gasteiger partial charge is 0.406 e. The predicted octanol–water partition coefficient (Wildman–Crippen LogP) is 4.05. The van der Waals surface area contributed by atoms with Crippen molar-refractivity contribution in [3.05, 3.63) is 29.8 Å². The predicted molar refractivity (Wildman–Crippen MR) is 62.2 cm³/mol. The molecule has 2 unspecified atom stereocenters. The van der Waals surface area contributed by atoms with Crippen LogP contribution in [0.25, 0.3) is 0 Å². The summed E-state index contributed by atoms with van der Waals surface area (Å²) in [6.07, 6.45) is -3.53. The molecule has 1 rings (SSSR count). The summed E-state index contributed by atoms with van der Waals surface area (Å²) in [6, 6.07) is 5.34. The van der Waals surface area contributed by atoms with Gasteiger partial charge in [-0.2, -0.15) is 0 Å². The third-order valence-electron chi connectivity index (χ3n) is 2.74. The molecule has 18 heavy (non-hydrogen) atoms. The Morgan fingerprint density at radius 1 is 1.22 bits per heavy atom. The van der Waals surface area contributed by atoms with E-state index in [9.17, 15) is 18.3 Å². The zero-order valence-electron chi connectivity index (χ0n) is 10.4. The summed E-state index contributed by atoms with van der Waals surface area (Å²) in [5.74, 6) is -0.203. The third-order valence-corrected chi connectivity index (χ3v) is 2.74. The summed E-state index contributed by atoms with van der Waals surface area (Å²) >= 11 is 0. The van der Waals surface area contributed by atoms with Gasteiger partial charge in [-0.15, -0.1) is 13.2 Å². The van der Waals surface area contributed by atoms with Gasteiger partial charge in [0.05, 0.1) is 6.10 Å². The fourth-order valence-corrected chi connectivity index (χ4v) is 1.81. The van der Waals surface area contributed by atoms with Crippen molar-refractivity contribution >= 4 is 0 Å². The minimum Gasteiger partial charge on any atom is -0.406 e. The summed E-state index contributed by atoms with van der Waals surface area (Å²) in [4.78, 5) is 0.